The lowest BCUT2D eigenvalue weighted by Crippen LogP contribution is -2.22. The SMILES string of the molecule is CO[C@H]1CCN(c2ccc(-n3nc(N)cc3-c3ccc(C#N)c(F)c3)c(F)c2)C1. The van der Waals surface area contributed by atoms with Crippen LogP contribution in [0.3, 0.4) is 0 Å². The molecule has 1 aliphatic rings. The number of methoxy groups -OCH3 is 1. The van der Waals surface area contributed by atoms with Gasteiger partial charge in [0.05, 0.1) is 17.4 Å². The van der Waals surface area contributed by atoms with E-state index in [2.05, 4.69) is 10.00 Å². The van der Waals surface area contributed by atoms with Crippen LogP contribution in [0.15, 0.2) is 42.5 Å². The molecule has 1 saturated heterocycles. The second-order valence-corrected chi connectivity index (χ2v) is 6.90. The van der Waals surface area contributed by atoms with Crippen LogP contribution in [0.4, 0.5) is 20.3 Å². The highest BCUT2D eigenvalue weighted by atomic mass is 19.1. The van der Waals surface area contributed by atoms with Gasteiger partial charge in [-0.25, -0.2) is 13.5 Å². The zero-order chi connectivity index (χ0) is 20.5. The Balaban J connectivity index is 1.71. The maximum Gasteiger partial charge on any atom is 0.150 e. The maximum atomic E-state index is 15.0. The molecule has 1 aliphatic heterocycles. The van der Waals surface area contributed by atoms with Gasteiger partial charge in [-0.2, -0.15) is 10.4 Å². The molecule has 0 saturated carbocycles. The normalized spacial score (nSPS) is 16.2. The van der Waals surface area contributed by atoms with Crippen LogP contribution in [0.2, 0.25) is 0 Å². The second-order valence-electron chi connectivity index (χ2n) is 6.90. The van der Waals surface area contributed by atoms with E-state index < -0.39 is 11.6 Å². The molecule has 0 bridgehead atoms. The number of nitrogens with zero attached hydrogens (tertiary/aromatic N) is 4. The highest BCUT2D eigenvalue weighted by Gasteiger charge is 2.23. The molecule has 6 nitrogen and oxygen atoms in total. The van der Waals surface area contributed by atoms with Crippen molar-refractivity contribution in [1.82, 2.24) is 9.78 Å². The number of hydrogen-bond acceptors (Lipinski definition) is 5. The number of hydrogen-bond donors (Lipinski definition) is 1. The van der Waals surface area contributed by atoms with Gasteiger partial charge < -0.3 is 15.4 Å². The van der Waals surface area contributed by atoms with Crippen LogP contribution in [-0.4, -0.2) is 36.1 Å². The molecule has 1 fully saturated rings. The van der Waals surface area contributed by atoms with Gasteiger partial charge in [0.1, 0.15) is 23.4 Å². The van der Waals surface area contributed by atoms with Gasteiger partial charge in [-0.1, -0.05) is 6.07 Å². The van der Waals surface area contributed by atoms with Crippen LogP contribution in [0.5, 0.6) is 0 Å². The Kier molecular flexibility index (Phi) is 4.91. The number of nitrogens with two attached hydrogens (primary N) is 1. The molecule has 2 N–H and O–H groups in total. The number of aromatic nitrogens is 2. The van der Waals surface area contributed by atoms with Crippen molar-refractivity contribution < 1.29 is 13.5 Å². The number of nitrogen functional groups attached to an aromatic ring is 1. The van der Waals surface area contributed by atoms with Gasteiger partial charge in [0.2, 0.25) is 0 Å². The topological polar surface area (TPSA) is 80.1 Å². The van der Waals surface area contributed by atoms with Crippen molar-refractivity contribution in [2.24, 2.45) is 0 Å². The zero-order valence-corrected chi connectivity index (χ0v) is 15.8. The number of rotatable bonds is 4. The highest BCUT2D eigenvalue weighted by Crippen LogP contribution is 2.30. The minimum absolute atomic E-state index is 0.0664. The number of benzene rings is 2. The van der Waals surface area contributed by atoms with Crippen LogP contribution < -0.4 is 10.6 Å². The summed E-state index contributed by atoms with van der Waals surface area (Å²) in [6.45, 7) is 1.50. The first kappa shape index (κ1) is 18.9. The first-order chi connectivity index (χ1) is 14.0. The Hall–Kier alpha value is -3.44. The van der Waals surface area contributed by atoms with Crippen molar-refractivity contribution in [3.63, 3.8) is 0 Å². The standard InChI is InChI=1S/C21H19F2N5O/c1-29-16-6-7-27(12-16)15-4-5-19(18(23)9-15)28-20(10-21(25)26-28)13-2-3-14(11-24)17(22)8-13/h2-5,8-10,16H,6-7,12H2,1H3,(H2,25,26)/t16-/m0/s1. The van der Waals surface area contributed by atoms with Gasteiger partial charge in [-0.3, -0.25) is 0 Å². The minimum Gasteiger partial charge on any atom is -0.382 e. The third-order valence-electron chi connectivity index (χ3n) is 5.12. The summed E-state index contributed by atoms with van der Waals surface area (Å²) in [5.74, 6) is -0.952. The maximum absolute atomic E-state index is 15.0. The van der Waals surface area contributed by atoms with Gasteiger partial charge in [0, 0.05) is 37.5 Å². The van der Waals surface area contributed by atoms with E-state index in [0.29, 0.717) is 17.8 Å². The van der Waals surface area contributed by atoms with Gasteiger partial charge in [0.15, 0.2) is 5.82 Å². The summed E-state index contributed by atoms with van der Waals surface area (Å²) in [7, 11) is 1.67. The van der Waals surface area contributed by atoms with Crippen molar-refractivity contribution in [3.05, 3.63) is 59.7 Å². The van der Waals surface area contributed by atoms with Crippen LogP contribution in [-0.2, 0) is 4.74 Å². The van der Waals surface area contributed by atoms with Gasteiger partial charge in [-0.15, -0.1) is 0 Å². The third-order valence-corrected chi connectivity index (χ3v) is 5.12. The lowest BCUT2D eigenvalue weighted by atomic mass is 10.1. The summed E-state index contributed by atoms with van der Waals surface area (Å²) >= 11 is 0. The Morgan fingerprint density at radius 1 is 1.17 bits per heavy atom. The van der Waals surface area contributed by atoms with Crippen LogP contribution in [0.25, 0.3) is 16.9 Å². The second kappa shape index (κ2) is 7.53. The molecule has 0 radical (unpaired) electrons. The fraction of sp³-hybridized carbons (Fsp3) is 0.238. The molecule has 4 rings (SSSR count). The Labute approximate surface area is 166 Å². The zero-order valence-electron chi connectivity index (χ0n) is 15.8. The molecule has 3 aromatic rings. The minimum atomic E-state index is -0.658. The van der Waals surface area contributed by atoms with Crippen LogP contribution in [0, 0.1) is 23.0 Å². The van der Waals surface area contributed by atoms with Crippen molar-refractivity contribution in [2.45, 2.75) is 12.5 Å². The molecule has 1 aromatic heterocycles. The van der Waals surface area contributed by atoms with Crippen molar-refractivity contribution >= 4 is 11.5 Å². The van der Waals surface area contributed by atoms with Crippen LogP contribution >= 0.6 is 0 Å². The van der Waals surface area contributed by atoms with Crippen molar-refractivity contribution in [2.75, 3.05) is 30.8 Å². The molecular weight excluding hydrogens is 376 g/mol. The fourth-order valence-electron chi connectivity index (χ4n) is 3.57. The summed E-state index contributed by atoms with van der Waals surface area (Å²) in [6, 6.07) is 12.4. The predicted octanol–water partition coefficient (Wildman–Crippen LogP) is 3.50. The first-order valence-corrected chi connectivity index (χ1v) is 9.13. The lowest BCUT2D eigenvalue weighted by Gasteiger charge is -2.19. The van der Waals surface area contributed by atoms with Crippen molar-refractivity contribution in [3.8, 4) is 23.0 Å². The molecule has 2 heterocycles. The van der Waals surface area contributed by atoms with E-state index in [1.165, 1.54) is 28.9 Å². The Morgan fingerprint density at radius 2 is 2.00 bits per heavy atom. The van der Waals surface area contributed by atoms with Crippen molar-refractivity contribution in [1.29, 1.82) is 5.26 Å². The summed E-state index contributed by atoms with van der Waals surface area (Å²) in [6.07, 6.45) is 1.03. The van der Waals surface area contributed by atoms with Gasteiger partial charge in [-0.05, 0) is 36.8 Å². The molecular formula is C21H19F2N5O. The largest absolute Gasteiger partial charge is 0.382 e. The molecule has 0 unspecified atom stereocenters. The van der Waals surface area contributed by atoms with E-state index in [1.54, 1.807) is 25.3 Å². The summed E-state index contributed by atoms with van der Waals surface area (Å²) in [4.78, 5) is 2.06. The average Bonchev–Trinajstić information content (AvgIpc) is 3.34. The smallest absolute Gasteiger partial charge is 0.150 e. The first-order valence-electron chi connectivity index (χ1n) is 9.13. The number of halogens is 2. The molecule has 0 spiro atoms. The van der Waals surface area contributed by atoms with E-state index in [9.17, 15) is 8.78 Å². The molecule has 0 aliphatic carbocycles. The number of ether oxygens (including phenoxy) is 1. The van der Waals surface area contributed by atoms with Gasteiger partial charge >= 0.3 is 0 Å². The van der Waals surface area contributed by atoms with E-state index in [-0.39, 0.29) is 23.2 Å². The van der Waals surface area contributed by atoms with E-state index in [1.807, 2.05) is 6.07 Å². The summed E-state index contributed by atoms with van der Waals surface area (Å²) in [5.41, 5.74) is 7.60. The molecule has 148 valence electrons. The molecule has 29 heavy (non-hydrogen) atoms. The van der Waals surface area contributed by atoms with E-state index in [0.717, 1.165) is 18.7 Å². The number of anilines is 2. The quantitative estimate of drug-likeness (QED) is 0.731. The highest BCUT2D eigenvalue weighted by molar-refractivity contribution is 5.67. The Bertz CT molecular complexity index is 1100. The van der Waals surface area contributed by atoms with Gasteiger partial charge in [0.25, 0.3) is 0 Å². The average molecular weight is 395 g/mol. The Morgan fingerprint density at radius 3 is 2.66 bits per heavy atom. The van der Waals surface area contributed by atoms with E-state index in [4.69, 9.17) is 15.7 Å². The molecule has 8 heteroatoms. The lowest BCUT2D eigenvalue weighted by molar-refractivity contribution is 0.121. The third kappa shape index (κ3) is 3.52. The molecule has 1 atom stereocenters. The molecule has 0 amide bonds. The van der Waals surface area contributed by atoms with E-state index >= 15 is 0 Å². The monoisotopic (exact) mass is 395 g/mol. The summed E-state index contributed by atoms with van der Waals surface area (Å²) in [5, 5.41) is 13.1. The van der Waals surface area contributed by atoms with Crippen LogP contribution in [0.1, 0.15) is 12.0 Å². The number of nitriles is 1. The predicted molar refractivity (Wildman–Crippen MR) is 106 cm³/mol. The fourth-order valence-corrected chi connectivity index (χ4v) is 3.57. The molecule has 2 aromatic carbocycles. The summed E-state index contributed by atoms with van der Waals surface area (Å²) < 4.78 is 35.8.